The van der Waals surface area contributed by atoms with Crippen molar-refractivity contribution in [3.8, 4) is 6.07 Å². The van der Waals surface area contributed by atoms with Crippen molar-refractivity contribution in [2.75, 3.05) is 17.4 Å². The van der Waals surface area contributed by atoms with Crippen LogP contribution in [0.2, 0.25) is 0 Å². The summed E-state index contributed by atoms with van der Waals surface area (Å²) in [5.74, 6) is 3.08. The molecule has 1 rings (SSSR count). The first-order chi connectivity index (χ1) is 8.22. The van der Waals surface area contributed by atoms with Crippen molar-refractivity contribution in [2.45, 2.75) is 23.6 Å². The summed E-state index contributed by atoms with van der Waals surface area (Å²) in [6.45, 7) is 4.22. The van der Waals surface area contributed by atoms with E-state index in [2.05, 4.69) is 19.9 Å². The van der Waals surface area contributed by atoms with E-state index in [1.165, 1.54) is 0 Å². The predicted molar refractivity (Wildman–Crippen MR) is 78.2 cm³/mol. The van der Waals surface area contributed by atoms with Gasteiger partial charge in [0.15, 0.2) is 0 Å². The van der Waals surface area contributed by atoms with E-state index in [9.17, 15) is 5.26 Å². The van der Waals surface area contributed by atoms with Crippen molar-refractivity contribution >= 4 is 35.1 Å². The molecule has 1 aromatic carbocycles. The maximum absolute atomic E-state index is 9.25. The molecule has 0 aliphatic heterocycles. The number of rotatable bonds is 6. The van der Waals surface area contributed by atoms with Gasteiger partial charge in [-0.25, -0.2) is 0 Å². The molecule has 0 aliphatic rings. The molecule has 0 fully saturated rings. The molecule has 4 heteroatoms. The van der Waals surface area contributed by atoms with Gasteiger partial charge in [0.25, 0.3) is 0 Å². The smallest absolute Gasteiger partial charge is 0.101 e. The van der Waals surface area contributed by atoms with E-state index in [-0.39, 0.29) is 0 Å². The van der Waals surface area contributed by atoms with Gasteiger partial charge in [0.05, 0.1) is 5.56 Å². The van der Waals surface area contributed by atoms with Gasteiger partial charge in [0.1, 0.15) is 6.07 Å². The standard InChI is InChI=1S/C13H16ClNS2/c1-3-16-12-5-4-6-13(11(12)8-15)17-9-10(2)7-14/h4-6,10H,3,7,9H2,1-2H3. The Kier molecular flexibility index (Phi) is 6.87. The first kappa shape index (κ1) is 14.8. The molecule has 0 aromatic heterocycles. The Balaban J connectivity index is 2.84. The van der Waals surface area contributed by atoms with E-state index in [4.69, 9.17) is 11.6 Å². The molecular weight excluding hydrogens is 270 g/mol. The van der Waals surface area contributed by atoms with Crippen molar-refractivity contribution in [1.82, 2.24) is 0 Å². The molecule has 0 aliphatic carbocycles. The molecule has 1 aromatic rings. The third-order valence-electron chi connectivity index (χ3n) is 2.19. The average molecular weight is 286 g/mol. The van der Waals surface area contributed by atoms with Crippen LogP contribution in [0.1, 0.15) is 19.4 Å². The summed E-state index contributed by atoms with van der Waals surface area (Å²) in [6.07, 6.45) is 0. The lowest BCUT2D eigenvalue weighted by Crippen LogP contribution is -1.99. The van der Waals surface area contributed by atoms with E-state index in [1.54, 1.807) is 23.5 Å². The Morgan fingerprint density at radius 2 is 2.00 bits per heavy atom. The molecule has 0 N–H and O–H groups in total. The van der Waals surface area contributed by atoms with Gasteiger partial charge in [-0.05, 0) is 23.8 Å². The predicted octanol–water partition coefficient (Wildman–Crippen LogP) is 4.64. The van der Waals surface area contributed by atoms with Gasteiger partial charge >= 0.3 is 0 Å². The maximum Gasteiger partial charge on any atom is 0.101 e. The Morgan fingerprint density at radius 1 is 1.35 bits per heavy atom. The summed E-state index contributed by atoms with van der Waals surface area (Å²) in [4.78, 5) is 2.15. The van der Waals surface area contributed by atoms with Gasteiger partial charge in [0, 0.05) is 21.4 Å². The monoisotopic (exact) mass is 285 g/mol. The zero-order valence-electron chi connectivity index (χ0n) is 10.1. The van der Waals surface area contributed by atoms with E-state index in [0.29, 0.717) is 11.8 Å². The van der Waals surface area contributed by atoms with Crippen LogP contribution in [-0.2, 0) is 0 Å². The number of alkyl halides is 1. The number of benzene rings is 1. The molecule has 1 unspecified atom stereocenters. The first-order valence-corrected chi connectivity index (χ1v) is 8.08. The number of halogens is 1. The molecule has 0 saturated carbocycles. The van der Waals surface area contributed by atoms with E-state index < -0.39 is 0 Å². The quantitative estimate of drug-likeness (QED) is 0.562. The highest BCUT2D eigenvalue weighted by atomic mass is 35.5. The van der Waals surface area contributed by atoms with Crippen LogP contribution in [0.15, 0.2) is 28.0 Å². The molecule has 0 spiro atoms. The molecule has 0 amide bonds. The van der Waals surface area contributed by atoms with Crippen LogP contribution in [0, 0.1) is 17.2 Å². The highest BCUT2D eigenvalue weighted by Gasteiger charge is 2.09. The van der Waals surface area contributed by atoms with E-state index in [1.807, 2.05) is 18.2 Å². The Labute approximate surface area is 117 Å². The third-order valence-corrected chi connectivity index (χ3v) is 5.04. The second-order valence-electron chi connectivity index (χ2n) is 3.74. The average Bonchev–Trinajstić information content (AvgIpc) is 2.36. The van der Waals surface area contributed by atoms with Crippen LogP contribution in [0.5, 0.6) is 0 Å². The second-order valence-corrected chi connectivity index (χ2v) is 6.42. The fourth-order valence-electron chi connectivity index (χ4n) is 1.29. The highest BCUT2D eigenvalue weighted by molar-refractivity contribution is 8.00. The molecule has 17 heavy (non-hydrogen) atoms. The highest BCUT2D eigenvalue weighted by Crippen LogP contribution is 2.31. The minimum absolute atomic E-state index is 0.468. The van der Waals surface area contributed by atoms with Gasteiger partial charge < -0.3 is 0 Å². The molecule has 1 atom stereocenters. The van der Waals surface area contributed by atoms with Crippen LogP contribution in [-0.4, -0.2) is 17.4 Å². The third kappa shape index (κ3) is 4.46. The number of thioether (sulfide) groups is 2. The summed E-state index contributed by atoms with van der Waals surface area (Å²) in [5, 5.41) is 9.25. The number of hydrogen-bond acceptors (Lipinski definition) is 3. The van der Waals surface area contributed by atoms with Crippen molar-refractivity contribution in [3.63, 3.8) is 0 Å². The summed E-state index contributed by atoms with van der Waals surface area (Å²) >= 11 is 9.23. The van der Waals surface area contributed by atoms with Crippen molar-refractivity contribution in [2.24, 2.45) is 5.92 Å². The second kappa shape index (κ2) is 7.92. The molecular formula is C13H16ClNS2. The van der Waals surface area contributed by atoms with Gasteiger partial charge in [-0.3, -0.25) is 0 Å². The summed E-state index contributed by atoms with van der Waals surface area (Å²) in [6, 6.07) is 8.37. The lowest BCUT2D eigenvalue weighted by Gasteiger charge is -2.10. The topological polar surface area (TPSA) is 23.8 Å². The SMILES string of the molecule is CCSc1cccc(SCC(C)CCl)c1C#N. The fourth-order valence-corrected chi connectivity index (χ4v) is 3.44. The molecule has 0 radical (unpaired) electrons. The van der Waals surface area contributed by atoms with Crippen molar-refractivity contribution in [1.29, 1.82) is 5.26 Å². The number of nitrogens with zero attached hydrogens (tertiary/aromatic N) is 1. The number of hydrogen-bond donors (Lipinski definition) is 0. The van der Waals surface area contributed by atoms with Crippen LogP contribution < -0.4 is 0 Å². The van der Waals surface area contributed by atoms with E-state index >= 15 is 0 Å². The van der Waals surface area contributed by atoms with Crippen LogP contribution >= 0.6 is 35.1 Å². The van der Waals surface area contributed by atoms with Gasteiger partial charge in [-0.15, -0.1) is 35.1 Å². The molecule has 1 nitrogen and oxygen atoms in total. The summed E-state index contributed by atoms with van der Waals surface area (Å²) in [5.41, 5.74) is 0.811. The Morgan fingerprint density at radius 3 is 2.53 bits per heavy atom. The molecule has 0 bridgehead atoms. The maximum atomic E-state index is 9.25. The molecule has 0 saturated heterocycles. The summed E-state index contributed by atoms with van der Waals surface area (Å²) < 4.78 is 0. The first-order valence-electron chi connectivity index (χ1n) is 5.57. The Hall–Kier alpha value is -0.300. The van der Waals surface area contributed by atoms with Gasteiger partial charge in [-0.1, -0.05) is 19.9 Å². The lowest BCUT2D eigenvalue weighted by molar-refractivity contribution is 0.759. The van der Waals surface area contributed by atoms with Crippen LogP contribution in [0.3, 0.4) is 0 Å². The Bertz CT molecular complexity index is 401. The normalized spacial score (nSPS) is 12.1. The van der Waals surface area contributed by atoms with Gasteiger partial charge in [0.2, 0.25) is 0 Å². The van der Waals surface area contributed by atoms with E-state index in [0.717, 1.165) is 26.9 Å². The minimum Gasteiger partial charge on any atom is -0.192 e. The zero-order valence-corrected chi connectivity index (χ0v) is 12.5. The van der Waals surface area contributed by atoms with Gasteiger partial charge in [-0.2, -0.15) is 5.26 Å². The summed E-state index contributed by atoms with van der Waals surface area (Å²) in [7, 11) is 0. The zero-order chi connectivity index (χ0) is 12.7. The largest absolute Gasteiger partial charge is 0.192 e. The van der Waals surface area contributed by atoms with Crippen LogP contribution in [0.4, 0.5) is 0 Å². The minimum atomic E-state index is 0.468. The lowest BCUT2D eigenvalue weighted by atomic mass is 10.2. The molecule has 92 valence electrons. The van der Waals surface area contributed by atoms with Crippen LogP contribution in [0.25, 0.3) is 0 Å². The fraction of sp³-hybridized carbons (Fsp3) is 0.462. The number of nitriles is 1. The van der Waals surface area contributed by atoms with Crippen molar-refractivity contribution < 1.29 is 0 Å². The molecule has 0 heterocycles. The van der Waals surface area contributed by atoms with Crippen molar-refractivity contribution in [3.05, 3.63) is 23.8 Å².